The van der Waals surface area contributed by atoms with E-state index in [2.05, 4.69) is 19.2 Å². The Morgan fingerprint density at radius 3 is 2.29 bits per heavy atom. The predicted octanol–water partition coefficient (Wildman–Crippen LogP) is 2.55. The standard InChI is InChI=1S/C11H15NOS/c1-8(2)14-10-6-4-9(5-7-10)11(13)12-3/h4-8H,1-3H3,(H,12,13). The van der Waals surface area contributed by atoms with E-state index < -0.39 is 0 Å². The molecule has 0 fully saturated rings. The Morgan fingerprint density at radius 1 is 1.29 bits per heavy atom. The molecule has 0 radical (unpaired) electrons. The van der Waals surface area contributed by atoms with Gasteiger partial charge in [-0.3, -0.25) is 4.79 Å². The highest BCUT2D eigenvalue weighted by molar-refractivity contribution is 7.99. The van der Waals surface area contributed by atoms with Gasteiger partial charge in [-0.2, -0.15) is 0 Å². The maximum Gasteiger partial charge on any atom is 0.251 e. The lowest BCUT2D eigenvalue weighted by Gasteiger charge is -2.05. The lowest BCUT2D eigenvalue weighted by Crippen LogP contribution is -2.17. The van der Waals surface area contributed by atoms with Crippen molar-refractivity contribution in [3.8, 4) is 0 Å². The molecule has 0 aromatic heterocycles. The zero-order valence-corrected chi connectivity index (χ0v) is 9.52. The van der Waals surface area contributed by atoms with Gasteiger partial charge in [-0.05, 0) is 24.3 Å². The maximum atomic E-state index is 11.2. The van der Waals surface area contributed by atoms with Crippen molar-refractivity contribution in [3.05, 3.63) is 29.8 Å². The molecule has 1 aromatic carbocycles. The average Bonchev–Trinajstić information content (AvgIpc) is 2.17. The van der Waals surface area contributed by atoms with E-state index in [-0.39, 0.29) is 5.91 Å². The van der Waals surface area contributed by atoms with Gasteiger partial charge in [0.1, 0.15) is 0 Å². The van der Waals surface area contributed by atoms with Crippen LogP contribution in [-0.4, -0.2) is 18.2 Å². The molecule has 14 heavy (non-hydrogen) atoms. The van der Waals surface area contributed by atoms with Crippen LogP contribution < -0.4 is 5.32 Å². The Labute approximate surface area is 89.1 Å². The third kappa shape index (κ3) is 3.07. The number of rotatable bonds is 3. The Morgan fingerprint density at radius 2 is 1.86 bits per heavy atom. The lowest BCUT2D eigenvalue weighted by molar-refractivity contribution is 0.0963. The van der Waals surface area contributed by atoms with Gasteiger partial charge >= 0.3 is 0 Å². The van der Waals surface area contributed by atoms with Crippen molar-refractivity contribution in [1.82, 2.24) is 5.32 Å². The summed E-state index contributed by atoms with van der Waals surface area (Å²) in [5.74, 6) is -0.0360. The number of nitrogens with one attached hydrogen (secondary N) is 1. The molecule has 1 N–H and O–H groups in total. The second kappa shape index (κ2) is 5.05. The van der Waals surface area contributed by atoms with Crippen LogP contribution in [0, 0.1) is 0 Å². The topological polar surface area (TPSA) is 29.1 Å². The van der Waals surface area contributed by atoms with Crippen LogP contribution in [0.3, 0.4) is 0 Å². The van der Waals surface area contributed by atoms with E-state index in [9.17, 15) is 4.79 Å². The first-order valence-electron chi connectivity index (χ1n) is 4.62. The van der Waals surface area contributed by atoms with E-state index in [1.54, 1.807) is 18.8 Å². The fourth-order valence-corrected chi connectivity index (χ4v) is 1.94. The molecule has 0 atom stereocenters. The van der Waals surface area contributed by atoms with E-state index in [0.29, 0.717) is 10.8 Å². The number of benzene rings is 1. The number of thioether (sulfide) groups is 1. The van der Waals surface area contributed by atoms with Gasteiger partial charge in [-0.15, -0.1) is 11.8 Å². The van der Waals surface area contributed by atoms with Crippen LogP contribution in [-0.2, 0) is 0 Å². The van der Waals surface area contributed by atoms with Crippen LogP contribution in [0.2, 0.25) is 0 Å². The summed E-state index contributed by atoms with van der Waals surface area (Å²) in [6.07, 6.45) is 0. The quantitative estimate of drug-likeness (QED) is 0.775. The van der Waals surface area contributed by atoms with Gasteiger partial charge < -0.3 is 5.32 Å². The zero-order valence-electron chi connectivity index (χ0n) is 8.70. The number of hydrogen-bond donors (Lipinski definition) is 1. The Hall–Kier alpha value is -0.960. The van der Waals surface area contributed by atoms with E-state index in [1.165, 1.54) is 4.90 Å². The van der Waals surface area contributed by atoms with Crippen molar-refractivity contribution in [2.75, 3.05) is 7.05 Å². The summed E-state index contributed by atoms with van der Waals surface area (Å²) in [6, 6.07) is 7.66. The van der Waals surface area contributed by atoms with Crippen LogP contribution in [0.5, 0.6) is 0 Å². The summed E-state index contributed by atoms with van der Waals surface area (Å²) in [7, 11) is 1.64. The molecule has 0 saturated carbocycles. The molecule has 0 aliphatic carbocycles. The molecule has 2 nitrogen and oxygen atoms in total. The molecule has 0 aliphatic heterocycles. The van der Waals surface area contributed by atoms with Crippen LogP contribution in [0.1, 0.15) is 24.2 Å². The Kier molecular flexibility index (Phi) is 4.01. The van der Waals surface area contributed by atoms with Crippen molar-refractivity contribution >= 4 is 17.7 Å². The summed E-state index contributed by atoms with van der Waals surface area (Å²) >= 11 is 1.79. The van der Waals surface area contributed by atoms with Gasteiger partial charge in [0.05, 0.1) is 0 Å². The Bertz CT molecular complexity index is 306. The first-order chi connectivity index (χ1) is 6.63. The monoisotopic (exact) mass is 209 g/mol. The van der Waals surface area contributed by atoms with Crippen molar-refractivity contribution < 1.29 is 4.79 Å². The second-order valence-corrected chi connectivity index (χ2v) is 4.92. The maximum absolute atomic E-state index is 11.2. The van der Waals surface area contributed by atoms with Crippen molar-refractivity contribution in [2.24, 2.45) is 0 Å². The molecular formula is C11H15NOS. The molecule has 0 heterocycles. The third-order valence-electron chi connectivity index (χ3n) is 1.72. The van der Waals surface area contributed by atoms with Gasteiger partial charge in [0, 0.05) is 22.8 Å². The molecule has 3 heteroatoms. The molecule has 1 aromatic rings. The van der Waals surface area contributed by atoms with Gasteiger partial charge in [0.15, 0.2) is 0 Å². The number of carbonyl (C=O) groups excluding carboxylic acids is 1. The smallest absolute Gasteiger partial charge is 0.251 e. The van der Waals surface area contributed by atoms with Gasteiger partial charge in [-0.1, -0.05) is 13.8 Å². The number of hydrogen-bond acceptors (Lipinski definition) is 2. The van der Waals surface area contributed by atoms with E-state index in [4.69, 9.17) is 0 Å². The normalized spacial score (nSPS) is 10.3. The molecular weight excluding hydrogens is 194 g/mol. The zero-order chi connectivity index (χ0) is 10.6. The summed E-state index contributed by atoms with van der Waals surface area (Å²) in [6.45, 7) is 4.30. The van der Waals surface area contributed by atoms with Crippen LogP contribution in [0.4, 0.5) is 0 Å². The fourth-order valence-electron chi connectivity index (χ4n) is 1.10. The van der Waals surface area contributed by atoms with Crippen LogP contribution >= 0.6 is 11.8 Å². The highest BCUT2D eigenvalue weighted by atomic mass is 32.2. The van der Waals surface area contributed by atoms with E-state index in [1.807, 2.05) is 24.3 Å². The summed E-state index contributed by atoms with van der Waals surface area (Å²) < 4.78 is 0. The summed E-state index contributed by atoms with van der Waals surface area (Å²) in [5.41, 5.74) is 0.709. The molecule has 1 rings (SSSR count). The molecule has 0 unspecified atom stereocenters. The first kappa shape index (κ1) is 11.1. The van der Waals surface area contributed by atoms with Crippen molar-refractivity contribution in [3.63, 3.8) is 0 Å². The minimum Gasteiger partial charge on any atom is -0.355 e. The SMILES string of the molecule is CNC(=O)c1ccc(SC(C)C)cc1. The third-order valence-corrected chi connectivity index (χ3v) is 2.73. The van der Waals surface area contributed by atoms with Gasteiger partial charge in [0.2, 0.25) is 0 Å². The molecule has 0 aliphatic rings. The average molecular weight is 209 g/mol. The van der Waals surface area contributed by atoms with Gasteiger partial charge in [0.25, 0.3) is 5.91 Å². The predicted molar refractivity (Wildman–Crippen MR) is 60.8 cm³/mol. The highest BCUT2D eigenvalue weighted by Gasteiger charge is 2.03. The highest BCUT2D eigenvalue weighted by Crippen LogP contribution is 2.22. The van der Waals surface area contributed by atoms with Crippen molar-refractivity contribution in [2.45, 2.75) is 24.0 Å². The first-order valence-corrected chi connectivity index (χ1v) is 5.50. The fraction of sp³-hybridized carbons (Fsp3) is 0.364. The molecule has 0 bridgehead atoms. The van der Waals surface area contributed by atoms with E-state index >= 15 is 0 Å². The number of amides is 1. The molecule has 1 amide bonds. The molecule has 76 valence electrons. The minimum absolute atomic E-state index is 0.0360. The minimum atomic E-state index is -0.0360. The second-order valence-electron chi connectivity index (χ2n) is 3.27. The Balaban J connectivity index is 2.73. The van der Waals surface area contributed by atoms with Crippen molar-refractivity contribution in [1.29, 1.82) is 0 Å². The molecule has 0 spiro atoms. The lowest BCUT2D eigenvalue weighted by atomic mass is 10.2. The number of carbonyl (C=O) groups is 1. The van der Waals surface area contributed by atoms with E-state index in [0.717, 1.165) is 0 Å². The van der Waals surface area contributed by atoms with Gasteiger partial charge in [-0.25, -0.2) is 0 Å². The summed E-state index contributed by atoms with van der Waals surface area (Å²) in [5, 5.41) is 3.17. The largest absolute Gasteiger partial charge is 0.355 e. The molecule has 0 saturated heterocycles. The van der Waals surface area contributed by atoms with Crippen LogP contribution in [0.25, 0.3) is 0 Å². The van der Waals surface area contributed by atoms with Crippen LogP contribution in [0.15, 0.2) is 29.2 Å². The summed E-state index contributed by atoms with van der Waals surface area (Å²) in [4.78, 5) is 12.4.